The number of esters is 1. The van der Waals surface area contributed by atoms with Crippen LogP contribution in [0, 0.1) is 50.5 Å². The second kappa shape index (κ2) is 18.8. The number of hydrogen-bond donors (Lipinski definition) is 3. The second-order valence-corrected chi connectivity index (χ2v) is 17.8. The van der Waals surface area contributed by atoms with E-state index in [4.69, 9.17) is 24.6 Å². The highest BCUT2D eigenvalue weighted by atomic mass is 16.6. The molecule has 1 heterocycles. The molecule has 4 aliphatic carbocycles. The van der Waals surface area contributed by atoms with Gasteiger partial charge in [0.1, 0.15) is 12.6 Å². The molecule has 1 amide bonds. The maximum Gasteiger partial charge on any atom is 0.305 e. The van der Waals surface area contributed by atoms with Crippen LogP contribution in [0.4, 0.5) is 11.4 Å². The van der Waals surface area contributed by atoms with Gasteiger partial charge in [0.2, 0.25) is 11.4 Å². The number of nitrogens with two attached hydrogens (primary N) is 1. The number of rotatable bonds is 19. The first-order chi connectivity index (χ1) is 28.1. The van der Waals surface area contributed by atoms with Crippen LogP contribution in [0.2, 0.25) is 0 Å². The molecule has 0 radical (unpaired) electrons. The second-order valence-electron chi connectivity index (χ2n) is 17.8. The third kappa shape index (κ3) is 9.18. The fourth-order valence-corrected chi connectivity index (χ4v) is 11.8. The lowest BCUT2D eigenvalue weighted by molar-refractivity contribution is -0.383. The Morgan fingerprint density at radius 1 is 0.914 bits per heavy atom. The molecule has 58 heavy (non-hydrogen) atoms. The van der Waals surface area contributed by atoms with Gasteiger partial charge in [-0.2, -0.15) is 0 Å². The molecule has 7 rings (SSSR count). The summed E-state index contributed by atoms with van der Waals surface area (Å²) >= 11 is 0. The molecular weight excluding hydrogens is 741 g/mol. The van der Waals surface area contributed by atoms with Gasteiger partial charge in [0.05, 0.1) is 37.0 Å². The monoisotopic (exact) mass is 802 g/mol. The summed E-state index contributed by atoms with van der Waals surface area (Å²) in [6.07, 6.45) is 13.4. The summed E-state index contributed by atoms with van der Waals surface area (Å²) in [7, 11) is 0. The van der Waals surface area contributed by atoms with Gasteiger partial charge in [0, 0.05) is 31.5 Å². The minimum Gasteiger partial charge on any atom is -0.463 e. The molecule has 1 aromatic heterocycles. The van der Waals surface area contributed by atoms with E-state index in [9.17, 15) is 19.7 Å². The van der Waals surface area contributed by atoms with Gasteiger partial charge in [-0.25, -0.2) is 4.63 Å². The number of benzene rings is 2. The van der Waals surface area contributed by atoms with Crippen LogP contribution in [0.25, 0.3) is 11.0 Å². The third-order valence-corrected chi connectivity index (χ3v) is 14.8. The zero-order chi connectivity index (χ0) is 40.7. The van der Waals surface area contributed by atoms with E-state index in [2.05, 4.69) is 34.8 Å². The molecule has 4 saturated carbocycles. The molecular formula is C44H62N6O8. The van der Waals surface area contributed by atoms with Crippen LogP contribution >= 0.6 is 0 Å². The Bertz CT molecular complexity index is 1860. The van der Waals surface area contributed by atoms with Gasteiger partial charge in [-0.1, -0.05) is 44.2 Å². The number of amides is 1. The number of carbonyl (C=O) groups is 2. The lowest BCUT2D eigenvalue weighted by Gasteiger charge is -2.61. The third-order valence-electron chi connectivity index (χ3n) is 14.8. The number of fused-ring (bicyclic) bond motifs is 6. The molecule has 0 aliphatic heterocycles. The maximum absolute atomic E-state index is 14.2. The van der Waals surface area contributed by atoms with E-state index in [0.717, 1.165) is 49.5 Å². The fraction of sp³-hybridized carbons (Fsp3) is 0.682. The molecule has 0 spiro atoms. The Balaban J connectivity index is 0.916. The van der Waals surface area contributed by atoms with E-state index in [1.807, 2.05) is 30.3 Å². The normalized spacial score (nSPS) is 29.5. The zero-order valence-corrected chi connectivity index (χ0v) is 34.2. The van der Waals surface area contributed by atoms with Crippen molar-refractivity contribution in [2.45, 2.75) is 109 Å². The number of nitro benzene ring substituents is 1. The van der Waals surface area contributed by atoms with Gasteiger partial charge >= 0.3 is 11.7 Å². The maximum atomic E-state index is 14.2. The number of aromatic nitrogens is 2. The first-order valence-electron chi connectivity index (χ1n) is 21.6. The van der Waals surface area contributed by atoms with Gasteiger partial charge in [0.15, 0.2) is 5.52 Å². The van der Waals surface area contributed by atoms with Crippen LogP contribution in [0.3, 0.4) is 0 Å². The average Bonchev–Trinajstić information content (AvgIpc) is 3.84. The highest BCUT2D eigenvalue weighted by Crippen LogP contribution is 2.68. The Morgan fingerprint density at radius 2 is 1.66 bits per heavy atom. The minimum atomic E-state index is -0.637. The Morgan fingerprint density at radius 3 is 2.45 bits per heavy atom. The van der Waals surface area contributed by atoms with Crippen molar-refractivity contribution in [1.29, 1.82) is 0 Å². The van der Waals surface area contributed by atoms with E-state index >= 15 is 0 Å². The van der Waals surface area contributed by atoms with Crippen molar-refractivity contribution in [2.75, 3.05) is 44.9 Å². The van der Waals surface area contributed by atoms with Gasteiger partial charge in [-0.3, -0.25) is 19.7 Å². The van der Waals surface area contributed by atoms with Crippen molar-refractivity contribution < 1.29 is 33.4 Å². The van der Waals surface area contributed by atoms with Crippen LogP contribution in [0.15, 0.2) is 47.1 Å². The summed E-state index contributed by atoms with van der Waals surface area (Å²) in [5.41, 5.74) is 7.54. The van der Waals surface area contributed by atoms with Crippen molar-refractivity contribution in [3.8, 4) is 0 Å². The van der Waals surface area contributed by atoms with Crippen LogP contribution < -0.4 is 16.4 Å². The molecule has 0 saturated heterocycles. The summed E-state index contributed by atoms with van der Waals surface area (Å²) in [5, 5.41) is 26.1. The largest absolute Gasteiger partial charge is 0.463 e. The number of hydrogen-bond acceptors (Lipinski definition) is 12. The minimum absolute atomic E-state index is 0.0456. The predicted molar refractivity (Wildman–Crippen MR) is 219 cm³/mol. The summed E-state index contributed by atoms with van der Waals surface area (Å²) in [4.78, 5) is 37.7. The number of anilines is 1. The molecule has 4 aliphatic rings. The van der Waals surface area contributed by atoms with Gasteiger partial charge < -0.3 is 30.6 Å². The van der Waals surface area contributed by atoms with Crippen molar-refractivity contribution in [3.05, 3.63) is 58.1 Å². The Labute approximate surface area is 341 Å². The lowest BCUT2D eigenvalue weighted by Crippen LogP contribution is -2.56. The van der Waals surface area contributed by atoms with Crippen LogP contribution in [-0.2, 0) is 30.2 Å². The summed E-state index contributed by atoms with van der Waals surface area (Å²) in [6.45, 7) is 7.74. The van der Waals surface area contributed by atoms with E-state index in [0.29, 0.717) is 74.7 Å². The van der Waals surface area contributed by atoms with Gasteiger partial charge in [-0.05, 0) is 133 Å². The molecule has 4 N–H and O–H groups in total. The van der Waals surface area contributed by atoms with E-state index in [-0.39, 0.29) is 46.7 Å². The highest BCUT2D eigenvalue weighted by molar-refractivity contribution is 5.95. The van der Waals surface area contributed by atoms with E-state index < -0.39 is 11.0 Å². The van der Waals surface area contributed by atoms with Crippen molar-refractivity contribution in [3.63, 3.8) is 0 Å². The number of nitrogens with one attached hydrogen (secondary N) is 2. The number of carbonyl (C=O) groups excluding carboxylic acids is 2. The molecule has 3 aromatic rings. The SMILES string of the molecule is C[C@]12CCC3C(CC[C@@H]4C[C@H](NC(=O)[C@H](Cc5ccccc5)Nc5ccc([N+](=O)[O-])c6nonc56)CC[C@]34C)C1CCC2CCCC(=O)OCCOCCOCCN. The van der Waals surface area contributed by atoms with Crippen LogP contribution in [0.5, 0.6) is 0 Å². The predicted octanol–water partition coefficient (Wildman–Crippen LogP) is 7.00. The molecule has 4 unspecified atom stereocenters. The molecule has 2 aromatic carbocycles. The van der Waals surface area contributed by atoms with Crippen molar-refractivity contribution in [1.82, 2.24) is 15.6 Å². The Hall–Kier alpha value is -4.14. The van der Waals surface area contributed by atoms with Crippen LogP contribution in [-0.4, -0.2) is 78.8 Å². The topological polar surface area (TPSA) is 194 Å². The number of nitro groups is 1. The first-order valence-corrected chi connectivity index (χ1v) is 21.6. The van der Waals surface area contributed by atoms with Gasteiger partial charge in [0.25, 0.3) is 0 Å². The number of non-ortho nitro benzene ring substituents is 1. The quantitative estimate of drug-likeness (QED) is 0.0487. The number of ether oxygens (including phenoxy) is 3. The van der Waals surface area contributed by atoms with Crippen molar-refractivity contribution >= 4 is 34.3 Å². The molecule has 316 valence electrons. The van der Waals surface area contributed by atoms with Crippen molar-refractivity contribution in [2.24, 2.45) is 46.2 Å². The first kappa shape index (κ1) is 42.0. The van der Waals surface area contributed by atoms with Crippen LogP contribution in [0.1, 0.15) is 96.5 Å². The lowest BCUT2D eigenvalue weighted by atomic mass is 9.44. The standard InChI is InChI=1S/C44H62N6O8/c1-43-20-18-35-33(34(43)14-12-30(43)9-6-10-39(51)57-26-25-56-24-23-55-22-21-45)13-11-31-28-32(17-19-44(31,35)2)46-42(52)37(27-29-7-4-3-5-8-29)47-36-15-16-38(50(53)54)41-40(36)48-58-49-41/h3-5,7-8,15-16,30-35,37,47H,6,9-14,17-28,45H2,1-2H3,(H,46,52)/t30?,31-,32-,33?,34?,35?,37+,43-,44+/m1/s1. The molecule has 4 fully saturated rings. The fourth-order valence-electron chi connectivity index (χ4n) is 11.8. The Kier molecular flexibility index (Phi) is 13.6. The molecule has 9 atom stereocenters. The summed E-state index contributed by atoms with van der Waals surface area (Å²) in [5.74, 6) is 3.17. The molecule has 14 heteroatoms. The number of nitrogens with zero attached hydrogens (tertiary/aromatic N) is 3. The van der Waals surface area contributed by atoms with Gasteiger partial charge in [-0.15, -0.1) is 0 Å². The summed E-state index contributed by atoms with van der Waals surface area (Å²) in [6, 6.07) is 12.2. The average molecular weight is 803 g/mol. The van der Waals surface area contributed by atoms with E-state index in [1.54, 1.807) is 6.07 Å². The van der Waals surface area contributed by atoms with E-state index in [1.165, 1.54) is 44.6 Å². The molecule has 0 bridgehead atoms. The smallest absolute Gasteiger partial charge is 0.305 e. The highest BCUT2D eigenvalue weighted by Gasteiger charge is 2.60. The summed E-state index contributed by atoms with van der Waals surface area (Å²) < 4.78 is 21.1. The molecule has 14 nitrogen and oxygen atoms in total. The zero-order valence-electron chi connectivity index (χ0n) is 34.2.